The van der Waals surface area contributed by atoms with Crippen LogP contribution >= 0.6 is 0 Å². The number of carbonyl (C=O) groups excluding carboxylic acids is 1. The third kappa shape index (κ3) is 4.21. The highest BCUT2D eigenvalue weighted by Gasteiger charge is 2.09. The van der Waals surface area contributed by atoms with E-state index in [2.05, 4.69) is 39.6 Å². The number of rotatable bonds is 5. The second-order valence-corrected chi connectivity index (χ2v) is 8.03. The Morgan fingerprint density at radius 2 is 1.75 bits per heavy atom. The molecule has 0 saturated heterocycles. The lowest BCUT2D eigenvalue weighted by atomic mass is 10.00. The molecule has 1 N–H and O–H groups in total. The van der Waals surface area contributed by atoms with Crippen molar-refractivity contribution in [3.8, 4) is 0 Å². The zero-order valence-electron chi connectivity index (χ0n) is 17.9. The van der Waals surface area contributed by atoms with E-state index in [4.69, 9.17) is 0 Å². The van der Waals surface area contributed by atoms with Crippen LogP contribution in [0.25, 0.3) is 21.7 Å². The highest BCUT2D eigenvalue weighted by molar-refractivity contribution is 6.05. The standard InChI is InChI=1S/C28H23N3O/c1-19-9-11-21-16-25(13-14-27(21)30-19)31-28(32)22-7-4-5-20(15-22)10-12-24-18-29-17-23-6-2-3-8-26(23)24/h2-9,11,13-18H,10,12H2,1H3,(H,31,32). The molecule has 5 rings (SSSR count). The third-order valence-electron chi connectivity index (χ3n) is 5.71. The zero-order valence-corrected chi connectivity index (χ0v) is 17.9. The van der Waals surface area contributed by atoms with E-state index < -0.39 is 0 Å². The number of aryl methyl sites for hydroxylation is 3. The fourth-order valence-electron chi connectivity index (χ4n) is 4.03. The van der Waals surface area contributed by atoms with Crippen molar-refractivity contribution in [2.24, 2.45) is 0 Å². The number of amides is 1. The van der Waals surface area contributed by atoms with Crippen LogP contribution in [0.15, 0.2) is 91.3 Å². The van der Waals surface area contributed by atoms with Crippen molar-refractivity contribution in [3.05, 3.63) is 114 Å². The quantitative estimate of drug-likeness (QED) is 0.374. The summed E-state index contributed by atoms with van der Waals surface area (Å²) in [5.41, 5.74) is 5.67. The Morgan fingerprint density at radius 3 is 2.69 bits per heavy atom. The minimum absolute atomic E-state index is 0.113. The Balaban J connectivity index is 1.31. The van der Waals surface area contributed by atoms with E-state index in [-0.39, 0.29) is 5.91 Å². The monoisotopic (exact) mass is 417 g/mol. The van der Waals surface area contributed by atoms with Gasteiger partial charge in [-0.05, 0) is 72.7 Å². The summed E-state index contributed by atoms with van der Waals surface area (Å²) < 4.78 is 0. The lowest BCUT2D eigenvalue weighted by Crippen LogP contribution is -2.12. The summed E-state index contributed by atoms with van der Waals surface area (Å²) in [5, 5.41) is 6.40. The van der Waals surface area contributed by atoms with Crippen molar-refractivity contribution in [1.82, 2.24) is 9.97 Å². The summed E-state index contributed by atoms with van der Waals surface area (Å²) in [5.74, 6) is -0.113. The van der Waals surface area contributed by atoms with Gasteiger partial charge in [0.25, 0.3) is 5.91 Å². The van der Waals surface area contributed by atoms with E-state index in [1.54, 1.807) is 0 Å². The molecule has 5 aromatic rings. The second-order valence-electron chi connectivity index (χ2n) is 8.03. The largest absolute Gasteiger partial charge is 0.322 e. The molecule has 0 unspecified atom stereocenters. The molecule has 156 valence electrons. The van der Waals surface area contributed by atoms with Crippen LogP contribution in [0.3, 0.4) is 0 Å². The van der Waals surface area contributed by atoms with Crippen molar-refractivity contribution < 1.29 is 4.79 Å². The summed E-state index contributed by atoms with van der Waals surface area (Å²) in [6, 6.07) is 25.9. The van der Waals surface area contributed by atoms with E-state index in [0.29, 0.717) is 5.56 Å². The first-order chi connectivity index (χ1) is 15.7. The average molecular weight is 418 g/mol. The molecule has 0 fully saturated rings. The summed E-state index contributed by atoms with van der Waals surface area (Å²) in [4.78, 5) is 21.8. The minimum atomic E-state index is -0.113. The number of anilines is 1. The van der Waals surface area contributed by atoms with Crippen LogP contribution in [0, 0.1) is 6.92 Å². The van der Waals surface area contributed by atoms with Crippen LogP contribution in [0.2, 0.25) is 0 Å². The summed E-state index contributed by atoms with van der Waals surface area (Å²) in [6.45, 7) is 1.97. The molecule has 32 heavy (non-hydrogen) atoms. The Morgan fingerprint density at radius 1 is 0.844 bits per heavy atom. The zero-order chi connectivity index (χ0) is 21.9. The molecule has 0 saturated carbocycles. The maximum atomic E-state index is 12.9. The molecule has 4 heteroatoms. The summed E-state index contributed by atoms with van der Waals surface area (Å²) in [6.07, 6.45) is 5.55. The number of aromatic nitrogens is 2. The third-order valence-corrected chi connectivity index (χ3v) is 5.71. The van der Waals surface area contributed by atoms with E-state index >= 15 is 0 Å². The van der Waals surface area contributed by atoms with E-state index in [0.717, 1.165) is 46.1 Å². The topological polar surface area (TPSA) is 54.9 Å². The molecule has 0 bridgehead atoms. The van der Waals surface area contributed by atoms with Gasteiger partial charge in [0.2, 0.25) is 0 Å². The van der Waals surface area contributed by atoms with Crippen LogP contribution in [0.4, 0.5) is 5.69 Å². The van der Waals surface area contributed by atoms with Gasteiger partial charge in [0.15, 0.2) is 0 Å². The first kappa shape index (κ1) is 19.9. The minimum Gasteiger partial charge on any atom is -0.322 e. The fraction of sp³-hybridized carbons (Fsp3) is 0.107. The van der Waals surface area contributed by atoms with Crippen LogP contribution in [0.5, 0.6) is 0 Å². The average Bonchev–Trinajstić information content (AvgIpc) is 2.83. The molecule has 2 heterocycles. The molecule has 0 radical (unpaired) electrons. The number of pyridine rings is 2. The molecular weight excluding hydrogens is 394 g/mol. The van der Waals surface area contributed by atoms with Gasteiger partial charge in [-0.1, -0.05) is 42.5 Å². The predicted octanol–water partition coefficient (Wildman–Crippen LogP) is 6.13. The fourth-order valence-corrected chi connectivity index (χ4v) is 4.03. The van der Waals surface area contributed by atoms with Crippen LogP contribution < -0.4 is 5.32 Å². The molecule has 0 spiro atoms. The van der Waals surface area contributed by atoms with Crippen LogP contribution in [0.1, 0.15) is 27.2 Å². The summed E-state index contributed by atoms with van der Waals surface area (Å²) >= 11 is 0. The molecule has 3 aromatic carbocycles. The normalized spacial score (nSPS) is 11.0. The van der Waals surface area contributed by atoms with Crippen molar-refractivity contribution >= 4 is 33.3 Å². The van der Waals surface area contributed by atoms with Gasteiger partial charge >= 0.3 is 0 Å². The Hall–Kier alpha value is -4.05. The highest BCUT2D eigenvalue weighted by Crippen LogP contribution is 2.21. The molecule has 0 aliphatic carbocycles. The van der Waals surface area contributed by atoms with Gasteiger partial charge < -0.3 is 5.32 Å². The highest BCUT2D eigenvalue weighted by atomic mass is 16.1. The Labute approximate surface area is 187 Å². The van der Waals surface area contributed by atoms with E-state index in [1.807, 2.05) is 73.9 Å². The lowest BCUT2D eigenvalue weighted by molar-refractivity contribution is 0.102. The van der Waals surface area contributed by atoms with Crippen molar-refractivity contribution in [2.45, 2.75) is 19.8 Å². The molecule has 0 atom stereocenters. The Bertz CT molecular complexity index is 1440. The van der Waals surface area contributed by atoms with Gasteiger partial charge in [0.1, 0.15) is 0 Å². The first-order valence-electron chi connectivity index (χ1n) is 10.7. The SMILES string of the molecule is Cc1ccc2cc(NC(=O)c3cccc(CCc4cncc5ccccc45)c3)ccc2n1. The predicted molar refractivity (Wildman–Crippen MR) is 130 cm³/mol. The maximum Gasteiger partial charge on any atom is 0.255 e. The number of fused-ring (bicyclic) bond motifs is 2. The van der Waals surface area contributed by atoms with Gasteiger partial charge in [0, 0.05) is 40.1 Å². The van der Waals surface area contributed by atoms with Gasteiger partial charge in [0.05, 0.1) is 5.52 Å². The van der Waals surface area contributed by atoms with Crippen molar-refractivity contribution in [1.29, 1.82) is 0 Å². The number of hydrogen-bond donors (Lipinski definition) is 1. The van der Waals surface area contributed by atoms with E-state index in [9.17, 15) is 4.79 Å². The molecule has 0 aliphatic heterocycles. The van der Waals surface area contributed by atoms with Gasteiger partial charge in [-0.3, -0.25) is 14.8 Å². The first-order valence-corrected chi connectivity index (χ1v) is 10.7. The van der Waals surface area contributed by atoms with Gasteiger partial charge in [-0.2, -0.15) is 0 Å². The molecule has 2 aromatic heterocycles. The Kier molecular flexibility index (Phi) is 5.34. The smallest absolute Gasteiger partial charge is 0.255 e. The molecule has 4 nitrogen and oxygen atoms in total. The second kappa shape index (κ2) is 8.60. The van der Waals surface area contributed by atoms with Crippen molar-refractivity contribution in [3.63, 3.8) is 0 Å². The van der Waals surface area contributed by atoms with Gasteiger partial charge in [-0.15, -0.1) is 0 Å². The molecular formula is C28H23N3O. The number of nitrogens with zero attached hydrogens (tertiary/aromatic N) is 2. The van der Waals surface area contributed by atoms with Crippen LogP contribution in [-0.2, 0) is 12.8 Å². The van der Waals surface area contributed by atoms with E-state index in [1.165, 1.54) is 10.9 Å². The molecule has 1 amide bonds. The van der Waals surface area contributed by atoms with Crippen LogP contribution in [-0.4, -0.2) is 15.9 Å². The molecule has 0 aliphatic rings. The van der Waals surface area contributed by atoms with Crippen molar-refractivity contribution in [2.75, 3.05) is 5.32 Å². The number of benzene rings is 3. The van der Waals surface area contributed by atoms with Gasteiger partial charge in [-0.25, -0.2) is 0 Å². The summed E-state index contributed by atoms with van der Waals surface area (Å²) in [7, 11) is 0. The number of hydrogen-bond acceptors (Lipinski definition) is 3. The lowest BCUT2D eigenvalue weighted by Gasteiger charge is -2.09. The maximum absolute atomic E-state index is 12.9. The number of nitrogens with one attached hydrogen (secondary N) is 1. The number of carbonyl (C=O) groups is 1.